The summed E-state index contributed by atoms with van der Waals surface area (Å²) in [4.78, 5) is 4.88. The smallest absolute Gasteiger partial charge is 0.0999 e. The standard InChI is InChI=1S/C19H23N7O.C2H6/c1-3-16(4-2)25-12-15(10-22-25)19-18-5-6-20-26(18)13-17(23-19)14-9-21-24(11-14)7-8-27;1-2/h5-6,9-13,16,27H,3-4,7-8H2,1-2H3;1-2H3. The summed E-state index contributed by atoms with van der Waals surface area (Å²) in [7, 11) is 0. The molecule has 0 spiro atoms. The van der Waals surface area contributed by atoms with Gasteiger partial charge in [-0.1, -0.05) is 27.7 Å². The third-order valence-electron chi connectivity index (χ3n) is 4.84. The van der Waals surface area contributed by atoms with Gasteiger partial charge in [0.1, 0.15) is 0 Å². The fraction of sp³-hybridized carbons (Fsp3) is 0.429. The number of hydrogen-bond acceptors (Lipinski definition) is 5. The van der Waals surface area contributed by atoms with E-state index in [1.807, 2.05) is 47.7 Å². The van der Waals surface area contributed by atoms with Crippen molar-refractivity contribution < 1.29 is 5.11 Å². The predicted molar refractivity (Wildman–Crippen MR) is 113 cm³/mol. The van der Waals surface area contributed by atoms with Crippen molar-refractivity contribution in [1.29, 1.82) is 0 Å². The molecule has 4 rings (SSSR count). The Morgan fingerprint density at radius 2 is 1.72 bits per heavy atom. The van der Waals surface area contributed by atoms with Crippen LogP contribution < -0.4 is 0 Å². The lowest BCUT2D eigenvalue weighted by Gasteiger charge is -2.12. The van der Waals surface area contributed by atoms with Crippen LogP contribution in [0, 0.1) is 0 Å². The van der Waals surface area contributed by atoms with Gasteiger partial charge in [0.05, 0.1) is 60.9 Å². The molecule has 1 N–H and O–H groups in total. The van der Waals surface area contributed by atoms with E-state index in [1.165, 1.54) is 0 Å². The molecule has 0 aromatic carbocycles. The molecule has 0 saturated heterocycles. The van der Waals surface area contributed by atoms with E-state index in [0.29, 0.717) is 12.6 Å². The summed E-state index contributed by atoms with van der Waals surface area (Å²) in [5.41, 5.74) is 4.41. The molecule has 29 heavy (non-hydrogen) atoms. The molecule has 4 heterocycles. The SMILES string of the molecule is CC.CCC(CC)n1cc(-c2nc(-c3cnn(CCO)c3)cn3nccc23)cn1. The fourth-order valence-electron chi connectivity index (χ4n) is 3.32. The predicted octanol–water partition coefficient (Wildman–Crippen LogP) is 3.84. The third kappa shape index (κ3) is 4.22. The zero-order valence-electron chi connectivity index (χ0n) is 17.5. The van der Waals surface area contributed by atoms with Crippen LogP contribution in [0.5, 0.6) is 0 Å². The van der Waals surface area contributed by atoms with Crippen molar-refractivity contribution in [2.24, 2.45) is 0 Å². The Bertz CT molecular complexity index is 1040. The Balaban J connectivity index is 0.00000117. The van der Waals surface area contributed by atoms with Gasteiger partial charge in [0, 0.05) is 23.5 Å². The fourth-order valence-corrected chi connectivity index (χ4v) is 3.32. The highest BCUT2D eigenvalue weighted by atomic mass is 16.3. The molecule has 0 aliphatic carbocycles. The highest BCUT2D eigenvalue weighted by Crippen LogP contribution is 2.27. The molecule has 0 bridgehead atoms. The maximum absolute atomic E-state index is 9.09. The van der Waals surface area contributed by atoms with Crippen molar-refractivity contribution in [3.63, 3.8) is 0 Å². The Morgan fingerprint density at radius 1 is 0.966 bits per heavy atom. The molecule has 0 unspecified atom stereocenters. The number of hydrogen-bond donors (Lipinski definition) is 1. The van der Waals surface area contributed by atoms with Crippen molar-refractivity contribution in [3.05, 3.63) is 43.2 Å². The lowest BCUT2D eigenvalue weighted by Crippen LogP contribution is -2.06. The highest BCUT2D eigenvalue weighted by Gasteiger charge is 2.15. The van der Waals surface area contributed by atoms with Gasteiger partial charge < -0.3 is 5.11 Å². The zero-order chi connectivity index (χ0) is 20.8. The maximum atomic E-state index is 9.09. The van der Waals surface area contributed by atoms with E-state index in [9.17, 15) is 0 Å². The minimum atomic E-state index is 0.0488. The van der Waals surface area contributed by atoms with Gasteiger partial charge in [0.15, 0.2) is 0 Å². The number of aromatic nitrogens is 7. The van der Waals surface area contributed by atoms with Crippen LogP contribution in [0.4, 0.5) is 0 Å². The molecule has 0 radical (unpaired) electrons. The molecule has 0 fully saturated rings. The Morgan fingerprint density at radius 3 is 2.45 bits per heavy atom. The molecule has 0 aliphatic rings. The molecular formula is C21H29N7O. The third-order valence-corrected chi connectivity index (χ3v) is 4.84. The van der Waals surface area contributed by atoms with Crippen molar-refractivity contribution in [1.82, 2.24) is 34.2 Å². The first-order valence-corrected chi connectivity index (χ1v) is 10.3. The lowest BCUT2D eigenvalue weighted by molar-refractivity contribution is 0.269. The van der Waals surface area contributed by atoms with E-state index in [-0.39, 0.29) is 6.61 Å². The van der Waals surface area contributed by atoms with E-state index in [4.69, 9.17) is 10.1 Å². The molecular weight excluding hydrogens is 366 g/mol. The van der Waals surface area contributed by atoms with Crippen LogP contribution in [0.2, 0.25) is 0 Å². The molecule has 4 aromatic heterocycles. The van der Waals surface area contributed by atoms with Crippen LogP contribution in [0.1, 0.15) is 46.6 Å². The summed E-state index contributed by atoms with van der Waals surface area (Å²) >= 11 is 0. The number of rotatable bonds is 7. The maximum Gasteiger partial charge on any atom is 0.0999 e. The van der Waals surface area contributed by atoms with Crippen LogP contribution in [-0.4, -0.2) is 45.9 Å². The average molecular weight is 396 g/mol. The van der Waals surface area contributed by atoms with Crippen molar-refractivity contribution in [3.8, 4) is 22.5 Å². The minimum absolute atomic E-state index is 0.0488. The summed E-state index contributed by atoms with van der Waals surface area (Å²) in [6.07, 6.45) is 13.3. The average Bonchev–Trinajstić information content (AvgIpc) is 3.51. The van der Waals surface area contributed by atoms with Crippen LogP contribution in [0.25, 0.3) is 28.0 Å². The minimum Gasteiger partial charge on any atom is -0.394 e. The van der Waals surface area contributed by atoms with E-state index < -0.39 is 0 Å². The van der Waals surface area contributed by atoms with Crippen molar-refractivity contribution in [2.75, 3.05) is 6.61 Å². The second-order valence-electron chi connectivity index (χ2n) is 6.53. The van der Waals surface area contributed by atoms with Crippen LogP contribution in [0.3, 0.4) is 0 Å². The first kappa shape index (κ1) is 20.7. The molecule has 0 aliphatic heterocycles. The topological polar surface area (TPSA) is 86.1 Å². The molecule has 4 aromatic rings. The summed E-state index contributed by atoms with van der Waals surface area (Å²) < 4.78 is 5.56. The molecule has 154 valence electrons. The normalized spacial score (nSPS) is 11.1. The lowest BCUT2D eigenvalue weighted by atomic mass is 10.1. The monoisotopic (exact) mass is 395 g/mol. The van der Waals surface area contributed by atoms with E-state index in [2.05, 4.69) is 35.3 Å². The van der Waals surface area contributed by atoms with Gasteiger partial charge in [-0.05, 0) is 18.9 Å². The second kappa shape index (κ2) is 9.47. The number of fused-ring (bicyclic) bond motifs is 1. The molecule has 0 saturated carbocycles. The summed E-state index contributed by atoms with van der Waals surface area (Å²) in [6, 6.07) is 2.34. The quantitative estimate of drug-likeness (QED) is 0.514. The van der Waals surface area contributed by atoms with Gasteiger partial charge in [-0.25, -0.2) is 9.50 Å². The highest BCUT2D eigenvalue weighted by molar-refractivity contribution is 5.78. The Hall–Kier alpha value is -3.00. The number of aliphatic hydroxyl groups is 1. The van der Waals surface area contributed by atoms with Crippen LogP contribution in [-0.2, 0) is 6.54 Å². The molecule has 8 heteroatoms. The Kier molecular flexibility index (Phi) is 6.77. The van der Waals surface area contributed by atoms with Gasteiger partial charge in [0.25, 0.3) is 0 Å². The summed E-state index contributed by atoms with van der Waals surface area (Å²) in [5.74, 6) is 0. The largest absolute Gasteiger partial charge is 0.394 e. The number of aliphatic hydroxyl groups excluding tert-OH is 1. The first-order chi connectivity index (χ1) is 14.2. The summed E-state index contributed by atoms with van der Waals surface area (Å²) in [6.45, 7) is 8.85. The first-order valence-electron chi connectivity index (χ1n) is 10.3. The van der Waals surface area contributed by atoms with Crippen molar-refractivity contribution >= 4 is 5.52 Å². The number of nitrogens with zero attached hydrogens (tertiary/aromatic N) is 7. The van der Waals surface area contributed by atoms with Gasteiger partial charge in [0.2, 0.25) is 0 Å². The summed E-state index contributed by atoms with van der Waals surface area (Å²) in [5, 5.41) is 22.3. The van der Waals surface area contributed by atoms with Crippen molar-refractivity contribution in [2.45, 2.75) is 53.1 Å². The van der Waals surface area contributed by atoms with Crippen LogP contribution >= 0.6 is 0 Å². The van der Waals surface area contributed by atoms with E-state index in [1.54, 1.807) is 17.1 Å². The van der Waals surface area contributed by atoms with Gasteiger partial charge in [-0.3, -0.25) is 9.36 Å². The van der Waals surface area contributed by atoms with E-state index >= 15 is 0 Å². The zero-order valence-corrected chi connectivity index (χ0v) is 17.5. The van der Waals surface area contributed by atoms with Gasteiger partial charge in [-0.15, -0.1) is 0 Å². The second-order valence-corrected chi connectivity index (χ2v) is 6.53. The van der Waals surface area contributed by atoms with Crippen LogP contribution in [0.15, 0.2) is 43.2 Å². The molecule has 0 atom stereocenters. The Labute approximate surface area is 170 Å². The van der Waals surface area contributed by atoms with Gasteiger partial charge >= 0.3 is 0 Å². The molecule has 8 nitrogen and oxygen atoms in total. The van der Waals surface area contributed by atoms with E-state index in [0.717, 1.165) is 40.9 Å². The van der Waals surface area contributed by atoms with Gasteiger partial charge in [-0.2, -0.15) is 15.3 Å². The molecule has 0 amide bonds.